The van der Waals surface area contributed by atoms with Gasteiger partial charge in [0.2, 0.25) is 0 Å². The number of rotatable bonds is 3. The first-order chi connectivity index (χ1) is 8.91. The maximum Gasteiger partial charge on any atom is 0.177 e. The fourth-order valence-corrected chi connectivity index (χ4v) is 3.10. The van der Waals surface area contributed by atoms with Crippen molar-refractivity contribution in [1.82, 2.24) is 9.55 Å². The molecule has 2 aromatic rings. The van der Waals surface area contributed by atoms with Crippen LogP contribution in [0.3, 0.4) is 0 Å². The number of halogens is 2. The molecule has 19 heavy (non-hydrogen) atoms. The Morgan fingerprint density at radius 3 is 2.47 bits per heavy atom. The van der Waals surface area contributed by atoms with E-state index in [1.807, 2.05) is 18.3 Å². The summed E-state index contributed by atoms with van der Waals surface area (Å²) in [5.41, 5.74) is 2.19. The van der Waals surface area contributed by atoms with Gasteiger partial charge in [0, 0.05) is 21.9 Å². The van der Waals surface area contributed by atoms with E-state index in [2.05, 4.69) is 30.3 Å². The van der Waals surface area contributed by atoms with Gasteiger partial charge in [0.15, 0.2) is 4.77 Å². The summed E-state index contributed by atoms with van der Waals surface area (Å²) < 4.78 is 2.82. The lowest BCUT2D eigenvalue weighted by molar-refractivity contribution is 0.582. The first-order valence-corrected chi connectivity index (χ1v) is 7.33. The smallest absolute Gasteiger partial charge is 0.177 e. The molecular formula is C14H16Cl2N2S. The Bertz CT molecular complexity index is 643. The number of hydrogen-bond acceptors (Lipinski definition) is 1. The zero-order chi connectivity index (χ0) is 14.2. The molecule has 102 valence electrons. The van der Waals surface area contributed by atoms with Gasteiger partial charge in [-0.05, 0) is 42.8 Å². The van der Waals surface area contributed by atoms with Crippen LogP contribution in [-0.2, 0) is 0 Å². The van der Waals surface area contributed by atoms with E-state index in [-0.39, 0.29) is 6.04 Å². The molecule has 0 aliphatic heterocycles. The number of H-pyrrole nitrogens is 1. The van der Waals surface area contributed by atoms with Gasteiger partial charge in [0.25, 0.3) is 0 Å². The van der Waals surface area contributed by atoms with Crippen LogP contribution in [0.1, 0.15) is 44.0 Å². The average Bonchev–Trinajstić information content (AvgIpc) is 2.70. The van der Waals surface area contributed by atoms with Crippen LogP contribution in [-0.4, -0.2) is 9.55 Å². The molecule has 1 aromatic carbocycles. The van der Waals surface area contributed by atoms with Crippen molar-refractivity contribution in [2.45, 2.75) is 32.7 Å². The Hall–Kier alpha value is -0.770. The molecule has 1 unspecified atom stereocenters. The van der Waals surface area contributed by atoms with Gasteiger partial charge in [-0.3, -0.25) is 0 Å². The van der Waals surface area contributed by atoms with Crippen molar-refractivity contribution >= 4 is 35.4 Å². The second-order valence-electron chi connectivity index (χ2n) is 4.89. The SMILES string of the molecule is CC(C)c1c[nH]c(=S)n1C(C)c1ccc(Cl)cc1Cl. The third-order valence-electron chi connectivity index (χ3n) is 3.23. The number of nitrogens with zero attached hydrogens (tertiary/aromatic N) is 1. The molecule has 0 bridgehead atoms. The second-order valence-corrected chi connectivity index (χ2v) is 6.12. The van der Waals surface area contributed by atoms with Crippen molar-refractivity contribution in [3.8, 4) is 0 Å². The lowest BCUT2D eigenvalue weighted by atomic mass is 10.1. The molecule has 0 aliphatic carbocycles. The number of nitrogens with one attached hydrogen (secondary N) is 1. The van der Waals surface area contributed by atoms with E-state index in [1.165, 1.54) is 5.69 Å². The van der Waals surface area contributed by atoms with Crippen LogP contribution >= 0.6 is 35.4 Å². The van der Waals surface area contributed by atoms with Crippen molar-refractivity contribution in [3.05, 3.63) is 50.5 Å². The molecule has 0 saturated carbocycles. The highest BCUT2D eigenvalue weighted by Gasteiger charge is 2.17. The molecule has 1 heterocycles. The Kier molecular flexibility index (Phi) is 4.39. The highest BCUT2D eigenvalue weighted by molar-refractivity contribution is 7.71. The Morgan fingerprint density at radius 1 is 1.21 bits per heavy atom. The maximum absolute atomic E-state index is 6.28. The maximum atomic E-state index is 6.28. The topological polar surface area (TPSA) is 20.7 Å². The molecule has 1 aromatic heterocycles. The molecule has 1 atom stereocenters. The third-order valence-corrected chi connectivity index (χ3v) is 4.11. The first kappa shape index (κ1) is 14.6. The van der Waals surface area contributed by atoms with E-state index in [0.29, 0.717) is 20.7 Å². The molecule has 1 N–H and O–H groups in total. The first-order valence-electron chi connectivity index (χ1n) is 6.16. The third kappa shape index (κ3) is 2.88. The number of hydrogen-bond donors (Lipinski definition) is 1. The summed E-state index contributed by atoms with van der Waals surface area (Å²) in [7, 11) is 0. The van der Waals surface area contributed by atoms with Gasteiger partial charge in [-0.25, -0.2) is 0 Å². The zero-order valence-corrected chi connectivity index (χ0v) is 13.4. The Morgan fingerprint density at radius 2 is 1.89 bits per heavy atom. The number of imidazole rings is 1. The van der Waals surface area contributed by atoms with Crippen LogP contribution in [0.25, 0.3) is 0 Å². The minimum absolute atomic E-state index is 0.0703. The van der Waals surface area contributed by atoms with Crippen molar-refractivity contribution < 1.29 is 0 Å². The van der Waals surface area contributed by atoms with Crippen LogP contribution in [0.4, 0.5) is 0 Å². The molecular weight excluding hydrogens is 299 g/mol. The molecule has 0 fully saturated rings. The molecule has 2 rings (SSSR count). The van der Waals surface area contributed by atoms with E-state index >= 15 is 0 Å². The van der Waals surface area contributed by atoms with Gasteiger partial charge in [0.1, 0.15) is 0 Å². The highest BCUT2D eigenvalue weighted by Crippen LogP contribution is 2.31. The van der Waals surface area contributed by atoms with Gasteiger partial charge >= 0.3 is 0 Å². The van der Waals surface area contributed by atoms with E-state index in [4.69, 9.17) is 35.4 Å². The van der Waals surface area contributed by atoms with Crippen LogP contribution in [0, 0.1) is 4.77 Å². The van der Waals surface area contributed by atoms with E-state index in [0.717, 1.165) is 5.56 Å². The lowest BCUT2D eigenvalue weighted by Gasteiger charge is -2.20. The molecule has 0 saturated heterocycles. The Labute approximate surface area is 128 Å². The molecule has 5 heteroatoms. The standard InChI is InChI=1S/C14H16Cl2N2S/c1-8(2)13-7-17-14(19)18(13)9(3)11-5-4-10(15)6-12(11)16/h4-9H,1-3H3,(H,17,19). The summed E-state index contributed by atoms with van der Waals surface area (Å²) in [4.78, 5) is 3.11. The predicted molar refractivity (Wildman–Crippen MR) is 84.0 cm³/mol. The van der Waals surface area contributed by atoms with Gasteiger partial charge < -0.3 is 9.55 Å². The van der Waals surface area contributed by atoms with E-state index < -0.39 is 0 Å². The number of aromatic amines is 1. The van der Waals surface area contributed by atoms with E-state index in [1.54, 1.807) is 6.07 Å². The van der Waals surface area contributed by atoms with Gasteiger partial charge in [-0.2, -0.15) is 0 Å². The van der Waals surface area contributed by atoms with Crippen LogP contribution in [0.15, 0.2) is 24.4 Å². The number of aromatic nitrogens is 2. The molecule has 0 radical (unpaired) electrons. The van der Waals surface area contributed by atoms with Crippen molar-refractivity contribution in [2.75, 3.05) is 0 Å². The Balaban J connectivity index is 2.53. The fourth-order valence-electron chi connectivity index (χ4n) is 2.22. The zero-order valence-electron chi connectivity index (χ0n) is 11.1. The van der Waals surface area contributed by atoms with Gasteiger partial charge in [-0.15, -0.1) is 0 Å². The second kappa shape index (κ2) is 5.70. The molecule has 2 nitrogen and oxygen atoms in total. The summed E-state index contributed by atoms with van der Waals surface area (Å²) in [6.07, 6.45) is 1.97. The quantitative estimate of drug-likeness (QED) is 0.733. The average molecular weight is 315 g/mol. The van der Waals surface area contributed by atoms with Crippen LogP contribution < -0.4 is 0 Å². The van der Waals surface area contributed by atoms with Gasteiger partial charge in [-0.1, -0.05) is 43.1 Å². The van der Waals surface area contributed by atoms with Crippen LogP contribution in [0.5, 0.6) is 0 Å². The monoisotopic (exact) mass is 314 g/mol. The van der Waals surface area contributed by atoms with Crippen molar-refractivity contribution in [1.29, 1.82) is 0 Å². The van der Waals surface area contributed by atoms with Crippen LogP contribution in [0.2, 0.25) is 10.0 Å². The molecule has 0 spiro atoms. The van der Waals surface area contributed by atoms with Crippen molar-refractivity contribution in [3.63, 3.8) is 0 Å². The number of benzene rings is 1. The summed E-state index contributed by atoms with van der Waals surface area (Å²) in [6.45, 7) is 6.37. The van der Waals surface area contributed by atoms with Gasteiger partial charge in [0.05, 0.1) is 6.04 Å². The summed E-state index contributed by atoms with van der Waals surface area (Å²) in [6, 6.07) is 5.64. The summed E-state index contributed by atoms with van der Waals surface area (Å²) in [5.74, 6) is 0.390. The normalized spacial score (nSPS) is 12.9. The largest absolute Gasteiger partial charge is 0.337 e. The summed E-state index contributed by atoms with van der Waals surface area (Å²) >= 11 is 17.6. The summed E-state index contributed by atoms with van der Waals surface area (Å²) in [5, 5.41) is 1.31. The highest BCUT2D eigenvalue weighted by atomic mass is 35.5. The van der Waals surface area contributed by atoms with E-state index in [9.17, 15) is 0 Å². The minimum atomic E-state index is 0.0703. The molecule has 0 aliphatic rings. The molecule has 0 amide bonds. The van der Waals surface area contributed by atoms with Crippen molar-refractivity contribution in [2.24, 2.45) is 0 Å². The lowest BCUT2D eigenvalue weighted by Crippen LogP contribution is -2.11. The fraction of sp³-hybridized carbons (Fsp3) is 0.357. The minimum Gasteiger partial charge on any atom is -0.337 e. The predicted octanol–water partition coefficient (Wildman–Crippen LogP) is 5.59.